The van der Waals surface area contributed by atoms with Gasteiger partial charge >= 0.3 is 12.2 Å². The van der Waals surface area contributed by atoms with E-state index in [1.165, 1.54) is 4.90 Å². The first-order valence-corrected chi connectivity index (χ1v) is 7.12. The van der Waals surface area contributed by atoms with Crippen molar-refractivity contribution in [2.24, 2.45) is 5.92 Å². The number of hydrogen-bond donors (Lipinski definition) is 2. The van der Waals surface area contributed by atoms with Crippen LogP contribution in [-0.2, 0) is 6.54 Å². The quantitative estimate of drug-likeness (QED) is 0.870. The molecule has 0 radical (unpaired) electrons. The Morgan fingerprint density at radius 2 is 2.05 bits per heavy atom. The van der Waals surface area contributed by atoms with E-state index in [0.717, 1.165) is 5.56 Å². The van der Waals surface area contributed by atoms with E-state index in [2.05, 4.69) is 15.6 Å². The van der Waals surface area contributed by atoms with Crippen LogP contribution in [0.4, 0.5) is 18.0 Å². The fourth-order valence-electron chi connectivity index (χ4n) is 2.46. The Morgan fingerprint density at radius 1 is 1.32 bits per heavy atom. The lowest BCUT2D eigenvalue weighted by atomic mass is 10.1. The number of carbonyl (C=O) groups is 1. The lowest BCUT2D eigenvalue weighted by Crippen LogP contribution is -2.39. The molecule has 0 spiro atoms. The molecule has 1 aliphatic heterocycles. The van der Waals surface area contributed by atoms with Gasteiger partial charge in [-0.3, -0.25) is 9.88 Å². The van der Waals surface area contributed by atoms with E-state index in [4.69, 9.17) is 0 Å². The maximum Gasteiger partial charge on any atom is 0.401 e. The van der Waals surface area contributed by atoms with Gasteiger partial charge in [0.2, 0.25) is 0 Å². The van der Waals surface area contributed by atoms with Gasteiger partial charge in [-0.2, -0.15) is 13.2 Å². The Kier molecular flexibility index (Phi) is 5.59. The van der Waals surface area contributed by atoms with Crippen LogP contribution in [0.2, 0.25) is 0 Å². The smallest absolute Gasteiger partial charge is 0.338 e. The second-order valence-corrected chi connectivity index (χ2v) is 5.42. The van der Waals surface area contributed by atoms with E-state index in [0.29, 0.717) is 32.6 Å². The van der Waals surface area contributed by atoms with E-state index in [1.54, 1.807) is 24.5 Å². The highest BCUT2D eigenvalue weighted by Crippen LogP contribution is 2.22. The SMILES string of the molecule is O=C(NCc1ccncc1)NCC1CCN(CC(F)(F)F)C1. The molecule has 5 nitrogen and oxygen atoms in total. The molecule has 1 unspecified atom stereocenters. The second-order valence-electron chi connectivity index (χ2n) is 5.42. The molecular weight excluding hydrogens is 297 g/mol. The molecule has 1 aliphatic rings. The zero-order valence-corrected chi connectivity index (χ0v) is 12.1. The third-order valence-corrected chi connectivity index (χ3v) is 3.53. The summed E-state index contributed by atoms with van der Waals surface area (Å²) in [4.78, 5) is 16.9. The Hall–Kier alpha value is -1.83. The van der Waals surface area contributed by atoms with Crippen LogP contribution < -0.4 is 10.6 Å². The molecule has 0 aromatic carbocycles. The number of alkyl halides is 3. The summed E-state index contributed by atoms with van der Waals surface area (Å²) in [6.45, 7) is 0.683. The first kappa shape index (κ1) is 16.5. The van der Waals surface area contributed by atoms with Gasteiger partial charge in [-0.05, 0) is 36.6 Å². The zero-order valence-electron chi connectivity index (χ0n) is 12.1. The van der Waals surface area contributed by atoms with Gasteiger partial charge in [0.05, 0.1) is 6.54 Å². The Balaban J connectivity index is 1.63. The van der Waals surface area contributed by atoms with Gasteiger partial charge in [0.15, 0.2) is 0 Å². The molecule has 2 heterocycles. The number of hydrogen-bond acceptors (Lipinski definition) is 3. The number of rotatable bonds is 5. The molecule has 1 aromatic rings. The van der Waals surface area contributed by atoms with Crippen molar-refractivity contribution in [2.75, 3.05) is 26.2 Å². The highest BCUT2D eigenvalue weighted by atomic mass is 19.4. The molecule has 0 bridgehead atoms. The lowest BCUT2D eigenvalue weighted by molar-refractivity contribution is -0.143. The molecule has 8 heteroatoms. The molecule has 2 N–H and O–H groups in total. The third kappa shape index (κ3) is 5.88. The van der Waals surface area contributed by atoms with Gasteiger partial charge < -0.3 is 10.6 Å². The normalized spacial score (nSPS) is 19.1. The summed E-state index contributed by atoms with van der Waals surface area (Å²) >= 11 is 0. The zero-order chi connectivity index (χ0) is 16.0. The van der Waals surface area contributed by atoms with Crippen molar-refractivity contribution >= 4 is 6.03 Å². The number of nitrogens with one attached hydrogen (secondary N) is 2. The highest BCUT2D eigenvalue weighted by molar-refractivity contribution is 5.73. The Bertz CT molecular complexity index is 481. The number of urea groups is 1. The summed E-state index contributed by atoms with van der Waals surface area (Å²) in [5.41, 5.74) is 0.933. The lowest BCUT2D eigenvalue weighted by Gasteiger charge is -2.18. The standard InChI is InChI=1S/C14H19F3N4O/c15-14(16,17)10-21-6-3-12(9-21)8-20-13(22)19-7-11-1-4-18-5-2-11/h1-2,4-5,12H,3,6-10H2,(H2,19,20,22). The minimum atomic E-state index is -4.16. The summed E-state index contributed by atoms with van der Waals surface area (Å²) in [6.07, 6.45) is -0.212. The van der Waals surface area contributed by atoms with Gasteiger partial charge in [-0.25, -0.2) is 4.79 Å². The van der Waals surface area contributed by atoms with E-state index in [9.17, 15) is 18.0 Å². The predicted octanol–water partition coefficient (Wildman–Crippen LogP) is 1.77. The summed E-state index contributed by atoms with van der Waals surface area (Å²) in [7, 11) is 0. The summed E-state index contributed by atoms with van der Waals surface area (Å²) in [5, 5.41) is 5.41. The highest BCUT2D eigenvalue weighted by Gasteiger charge is 2.34. The fourth-order valence-corrected chi connectivity index (χ4v) is 2.46. The molecule has 122 valence electrons. The maximum atomic E-state index is 12.3. The minimum absolute atomic E-state index is 0.0639. The topological polar surface area (TPSA) is 57.3 Å². The molecular formula is C14H19F3N4O. The summed E-state index contributed by atoms with van der Waals surface area (Å²) in [5.74, 6) is 0.0639. The number of aromatic nitrogens is 1. The van der Waals surface area contributed by atoms with Crippen LogP contribution in [0, 0.1) is 5.92 Å². The molecule has 2 amide bonds. The van der Waals surface area contributed by atoms with Gasteiger partial charge in [-0.15, -0.1) is 0 Å². The second kappa shape index (κ2) is 7.44. The third-order valence-electron chi connectivity index (χ3n) is 3.53. The van der Waals surface area contributed by atoms with E-state index >= 15 is 0 Å². The van der Waals surface area contributed by atoms with Crippen LogP contribution in [0.1, 0.15) is 12.0 Å². The molecule has 1 aromatic heterocycles. The average molecular weight is 316 g/mol. The van der Waals surface area contributed by atoms with E-state index in [-0.39, 0.29) is 11.9 Å². The van der Waals surface area contributed by atoms with Crippen LogP contribution in [0.3, 0.4) is 0 Å². The molecule has 1 fully saturated rings. The van der Waals surface area contributed by atoms with Crippen LogP contribution in [0.5, 0.6) is 0 Å². The average Bonchev–Trinajstić information content (AvgIpc) is 2.89. The van der Waals surface area contributed by atoms with E-state index < -0.39 is 12.7 Å². The number of nitrogens with zero attached hydrogens (tertiary/aromatic N) is 2. The summed E-state index contributed by atoms with van der Waals surface area (Å²) in [6, 6.07) is 3.28. The van der Waals surface area contributed by atoms with Crippen molar-refractivity contribution in [3.63, 3.8) is 0 Å². The number of halogens is 3. The molecule has 0 saturated carbocycles. The number of pyridine rings is 1. The van der Waals surface area contributed by atoms with Crippen LogP contribution in [-0.4, -0.2) is 48.3 Å². The van der Waals surface area contributed by atoms with Crippen LogP contribution >= 0.6 is 0 Å². The van der Waals surface area contributed by atoms with Crippen LogP contribution in [0.25, 0.3) is 0 Å². The van der Waals surface area contributed by atoms with Gasteiger partial charge in [0.25, 0.3) is 0 Å². The molecule has 22 heavy (non-hydrogen) atoms. The molecule has 1 atom stereocenters. The first-order valence-electron chi connectivity index (χ1n) is 7.12. The molecule has 1 saturated heterocycles. The molecule has 0 aliphatic carbocycles. The van der Waals surface area contributed by atoms with Crippen LogP contribution in [0.15, 0.2) is 24.5 Å². The Labute approximate surface area is 126 Å². The van der Waals surface area contributed by atoms with Crippen molar-refractivity contribution in [3.05, 3.63) is 30.1 Å². The number of carbonyl (C=O) groups excluding carboxylic acids is 1. The number of likely N-dealkylation sites (tertiary alicyclic amines) is 1. The van der Waals surface area contributed by atoms with Gasteiger partial charge in [-0.1, -0.05) is 0 Å². The van der Waals surface area contributed by atoms with Crippen molar-refractivity contribution in [1.82, 2.24) is 20.5 Å². The van der Waals surface area contributed by atoms with Crippen molar-refractivity contribution in [1.29, 1.82) is 0 Å². The number of amides is 2. The van der Waals surface area contributed by atoms with Crippen molar-refractivity contribution in [2.45, 2.75) is 19.1 Å². The molecule has 2 rings (SSSR count). The fraction of sp³-hybridized carbons (Fsp3) is 0.571. The minimum Gasteiger partial charge on any atom is -0.338 e. The van der Waals surface area contributed by atoms with Gasteiger partial charge in [0, 0.05) is 32.0 Å². The Morgan fingerprint density at radius 3 is 2.73 bits per heavy atom. The maximum absolute atomic E-state index is 12.3. The predicted molar refractivity (Wildman–Crippen MR) is 75.1 cm³/mol. The summed E-state index contributed by atoms with van der Waals surface area (Å²) < 4.78 is 36.9. The first-order chi connectivity index (χ1) is 10.4. The van der Waals surface area contributed by atoms with E-state index in [1.807, 2.05) is 0 Å². The largest absolute Gasteiger partial charge is 0.401 e. The van der Waals surface area contributed by atoms with Gasteiger partial charge in [0.1, 0.15) is 0 Å². The van der Waals surface area contributed by atoms with Crippen molar-refractivity contribution < 1.29 is 18.0 Å². The van der Waals surface area contributed by atoms with Crippen molar-refractivity contribution in [3.8, 4) is 0 Å². The monoisotopic (exact) mass is 316 g/mol.